The van der Waals surface area contributed by atoms with Crippen molar-refractivity contribution >= 4 is 23.4 Å². The number of amidine groups is 2. The summed E-state index contributed by atoms with van der Waals surface area (Å²) < 4.78 is 5.19. The highest BCUT2D eigenvalue weighted by molar-refractivity contribution is 6.40. The van der Waals surface area contributed by atoms with Gasteiger partial charge in [-0.15, -0.1) is 0 Å². The van der Waals surface area contributed by atoms with E-state index in [-0.39, 0.29) is 28.9 Å². The number of hydrogen-bond donors (Lipinski definition) is 3. The second-order valence-electron chi connectivity index (χ2n) is 4.84. The van der Waals surface area contributed by atoms with E-state index in [0.717, 1.165) is 4.90 Å². The van der Waals surface area contributed by atoms with Gasteiger partial charge in [0.1, 0.15) is 28.9 Å². The van der Waals surface area contributed by atoms with Crippen molar-refractivity contribution in [2.75, 3.05) is 12.0 Å². The summed E-state index contributed by atoms with van der Waals surface area (Å²) >= 11 is 0. The third kappa shape index (κ3) is 2.94. The van der Waals surface area contributed by atoms with Crippen LogP contribution in [0.5, 0.6) is 11.5 Å². The number of amides is 2. The van der Waals surface area contributed by atoms with Gasteiger partial charge >= 0.3 is 6.03 Å². The molecule has 0 bridgehead atoms. The van der Waals surface area contributed by atoms with Gasteiger partial charge in [-0.1, -0.05) is 18.7 Å². The number of hydrogen-bond acceptors (Lipinski definition) is 5. The number of urea groups is 1. The van der Waals surface area contributed by atoms with E-state index in [1.165, 1.54) is 13.2 Å². The molecular weight excluding hydrogens is 296 g/mol. The molecule has 23 heavy (non-hydrogen) atoms. The monoisotopic (exact) mass is 314 g/mol. The minimum atomic E-state index is -0.611. The normalized spacial score (nSPS) is 18.3. The molecule has 120 valence electrons. The number of aromatic hydroxyl groups is 1. The van der Waals surface area contributed by atoms with Crippen LogP contribution in [0.2, 0.25) is 0 Å². The Bertz CT molecular complexity index is 750. The Morgan fingerprint density at radius 1 is 1.52 bits per heavy atom. The second kappa shape index (κ2) is 6.35. The number of carbonyl (C=O) groups excluding carboxylic acids is 1. The third-order valence-electron chi connectivity index (χ3n) is 3.17. The molecule has 0 unspecified atom stereocenters. The number of methoxy groups -OCH3 is 1. The van der Waals surface area contributed by atoms with Gasteiger partial charge in [-0.25, -0.2) is 14.7 Å². The van der Waals surface area contributed by atoms with Crippen molar-refractivity contribution in [3.05, 3.63) is 42.1 Å². The van der Waals surface area contributed by atoms with Crippen LogP contribution >= 0.6 is 0 Å². The Kier molecular flexibility index (Phi) is 4.49. The predicted octanol–water partition coefficient (Wildman–Crippen LogP) is 2.79. The molecular formula is C16H18N4O3. The molecule has 2 rings (SSSR count). The Hall–Kier alpha value is -3.09. The average Bonchev–Trinajstić information content (AvgIpc) is 2.48. The highest BCUT2D eigenvalue weighted by Gasteiger charge is 2.35. The molecule has 0 aliphatic carbocycles. The summed E-state index contributed by atoms with van der Waals surface area (Å²) in [5.74, 6) is 0.248. The van der Waals surface area contributed by atoms with Crippen LogP contribution in [-0.4, -0.2) is 29.9 Å². The lowest BCUT2D eigenvalue weighted by Crippen LogP contribution is -2.54. The minimum Gasteiger partial charge on any atom is -0.506 e. The summed E-state index contributed by atoms with van der Waals surface area (Å²) in [7, 11) is 1.42. The number of benzene rings is 1. The van der Waals surface area contributed by atoms with Crippen molar-refractivity contribution in [1.29, 1.82) is 5.41 Å². The number of phenols is 1. The number of ether oxygens (including phenoxy) is 1. The predicted molar refractivity (Wildman–Crippen MR) is 89.4 cm³/mol. The molecule has 2 amide bonds. The van der Waals surface area contributed by atoms with E-state index in [4.69, 9.17) is 10.1 Å². The number of rotatable bonds is 3. The highest BCUT2D eigenvalue weighted by atomic mass is 16.5. The smallest absolute Gasteiger partial charge is 0.333 e. The molecule has 1 aromatic rings. The molecule has 3 N–H and O–H groups in total. The SMILES string of the molecule is C=C(C)N=C1NC(=O)N(c2c(O)cccc2OC)C(=N)/C1=C/C. The lowest BCUT2D eigenvalue weighted by atomic mass is 10.1. The first-order valence-electron chi connectivity index (χ1n) is 6.87. The standard InChI is InChI=1S/C16H18N4O3/c1-5-10-14(17)20(16(22)19-15(10)18-9(2)3)13-11(21)7-6-8-12(13)23-4/h5-8,17,21H,2H2,1,3-4H3,(H,18,19,22)/b10-5-,17-14?. The summed E-state index contributed by atoms with van der Waals surface area (Å²) in [5, 5.41) is 21.1. The van der Waals surface area contributed by atoms with Gasteiger partial charge < -0.3 is 9.84 Å². The second-order valence-corrected chi connectivity index (χ2v) is 4.84. The zero-order chi connectivity index (χ0) is 17.1. The fourth-order valence-electron chi connectivity index (χ4n) is 2.22. The number of aliphatic imine (C=N–C) groups is 1. The summed E-state index contributed by atoms with van der Waals surface area (Å²) in [6.45, 7) is 7.10. The molecule has 0 saturated carbocycles. The van der Waals surface area contributed by atoms with Crippen molar-refractivity contribution in [1.82, 2.24) is 5.32 Å². The van der Waals surface area contributed by atoms with Gasteiger partial charge in [-0.3, -0.25) is 10.7 Å². The van der Waals surface area contributed by atoms with E-state index < -0.39 is 6.03 Å². The Balaban J connectivity index is 2.58. The van der Waals surface area contributed by atoms with Crippen LogP contribution in [0, 0.1) is 5.41 Å². The Morgan fingerprint density at radius 2 is 2.22 bits per heavy atom. The van der Waals surface area contributed by atoms with Crippen LogP contribution in [-0.2, 0) is 0 Å². The maximum Gasteiger partial charge on any atom is 0.333 e. The number of anilines is 1. The average molecular weight is 314 g/mol. The van der Waals surface area contributed by atoms with Gasteiger partial charge in [0.2, 0.25) is 0 Å². The molecule has 7 heteroatoms. The van der Waals surface area contributed by atoms with Gasteiger partial charge in [0, 0.05) is 5.70 Å². The quantitative estimate of drug-likeness (QED) is 0.800. The molecule has 0 spiro atoms. The molecule has 1 aliphatic rings. The van der Waals surface area contributed by atoms with E-state index in [2.05, 4.69) is 16.9 Å². The maximum atomic E-state index is 12.4. The van der Waals surface area contributed by atoms with E-state index in [9.17, 15) is 9.90 Å². The van der Waals surface area contributed by atoms with Crippen LogP contribution in [0.15, 0.2) is 47.1 Å². The van der Waals surface area contributed by atoms with E-state index in [1.54, 1.807) is 32.1 Å². The zero-order valence-corrected chi connectivity index (χ0v) is 13.2. The number of carbonyl (C=O) groups is 1. The fraction of sp³-hybridized carbons (Fsp3) is 0.188. The number of phenolic OH excluding ortho intramolecular Hbond substituents is 1. The van der Waals surface area contributed by atoms with Crippen molar-refractivity contribution in [2.45, 2.75) is 13.8 Å². The van der Waals surface area contributed by atoms with Crippen molar-refractivity contribution in [2.24, 2.45) is 4.99 Å². The van der Waals surface area contributed by atoms with Gasteiger partial charge in [0.15, 0.2) is 0 Å². The third-order valence-corrected chi connectivity index (χ3v) is 3.17. The number of para-hydroxylation sites is 1. The molecule has 0 radical (unpaired) electrons. The first-order valence-corrected chi connectivity index (χ1v) is 6.87. The number of nitrogens with one attached hydrogen (secondary N) is 2. The summed E-state index contributed by atoms with van der Waals surface area (Å²) in [4.78, 5) is 17.6. The summed E-state index contributed by atoms with van der Waals surface area (Å²) in [6.07, 6.45) is 1.66. The first-order chi connectivity index (χ1) is 10.9. The topological polar surface area (TPSA) is 98.0 Å². The maximum absolute atomic E-state index is 12.4. The van der Waals surface area contributed by atoms with Gasteiger partial charge in [0.25, 0.3) is 0 Å². The molecule has 0 atom stereocenters. The van der Waals surface area contributed by atoms with Gasteiger partial charge in [-0.05, 0) is 26.0 Å². The van der Waals surface area contributed by atoms with E-state index in [0.29, 0.717) is 11.3 Å². The number of allylic oxidation sites excluding steroid dienone is 2. The molecule has 1 heterocycles. The van der Waals surface area contributed by atoms with Crippen LogP contribution in [0.1, 0.15) is 13.8 Å². The van der Waals surface area contributed by atoms with E-state index >= 15 is 0 Å². The van der Waals surface area contributed by atoms with Crippen LogP contribution in [0.3, 0.4) is 0 Å². The number of nitrogens with zero attached hydrogens (tertiary/aromatic N) is 2. The molecule has 1 aromatic carbocycles. The lowest BCUT2D eigenvalue weighted by Gasteiger charge is -2.31. The Labute approximate surface area is 134 Å². The molecule has 1 saturated heterocycles. The Morgan fingerprint density at radius 3 is 2.78 bits per heavy atom. The summed E-state index contributed by atoms with van der Waals surface area (Å²) in [5.41, 5.74) is 1.02. The molecule has 1 fully saturated rings. The van der Waals surface area contributed by atoms with Crippen molar-refractivity contribution in [3.63, 3.8) is 0 Å². The van der Waals surface area contributed by atoms with Crippen LogP contribution in [0.25, 0.3) is 0 Å². The highest BCUT2D eigenvalue weighted by Crippen LogP contribution is 2.38. The van der Waals surface area contributed by atoms with Crippen LogP contribution < -0.4 is 15.0 Å². The zero-order valence-electron chi connectivity index (χ0n) is 13.2. The largest absolute Gasteiger partial charge is 0.506 e. The molecule has 7 nitrogen and oxygen atoms in total. The van der Waals surface area contributed by atoms with E-state index in [1.807, 2.05) is 0 Å². The fourth-order valence-corrected chi connectivity index (χ4v) is 2.22. The van der Waals surface area contributed by atoms with Crippen molar-refractivity contribution < 1.29 is 14.6 Å². The molecule has 0 aromatic heterocycles. The van der Waals surface area contributed by atoms with Crippen molar-refractivity contribution in [3.8, 4) is 11.5 Å². The van der Waals surface area contributed by atoms with Crippen LogP contribution in [0.4, 0.5) is 10.5 Å². The minimum absolute atomic E-state index is 0.103. The first kappa shape index (κ1) is 16.3. The van der Waals surface area contributed by atoms with Gasteiger partial charge in [-0.2, -0.15) is 0 Å². The molecule has 1 aliphatic heterocycles. The summed E-state index contributed by atoms with van der Waals surface area (Å²) in [6, 6.07) is 4.00. The van der Waals surface area contributed by atoms with Gasteiger partial charge in [0.05, 0.1) is 12.7 Å². The lowest BCUT2D eigenvalue weighted by molar-refractivity contribution is 0.252.